The zero-order valence-corrected chi connectivity index (χ0v) is 18.6. The number of benzene rings is 2. The lowest BCUT2D eigenvalue weighted by molar-refractivity contribution is -0.123. The second kappa shape index (κ2) is 8.63. The van der Waals surface area contributed by atoms with Gasteiger partial charge in [-0.25, -0.2) is 9.48 Å². The summed E-state index contributed by atoms with van der Waals surface area (Å²) in [4.78, 5) is 38.3. The Morgan fingerprint density at radius 3 is 2.16 bits per heavy atom. The van der Waals surface area contributed by atoms with E-state index in [0.717, 1.165) is 16.7 Å². The molecular formula is C24H27N3O4. The molecule has 0 aliphatic heterocycles. The summed E-state index contributed by atoms with van der Waals surface area (Å²) in [6.45, 7) is 8.85. The molecule has 7 nitrogen and oxygen atoms in total. The van der Waals surface area contributed by atoms with Crippen molar-refractivity contribution in [1.29, 1.82) is 0 Å². The van der Waals surface area contributed by atoms with E-state index in [4.69, 9.17) is 4.74 Å². The van der Waals surface area contributed by atoms with Gasteiger partial charge in [0.05, 0.1) is 16.9 Å². The smallest absolute Gasteiger partial charge is 0.339 e. The van der Waals surface area contributed by atoms with Crippen LogP contribution in [0.25, 0.3) is 5.69 Å². The van der Waals surface area contributed by atoms with Crippen molar-refractivity contribution >= 4 is 17.6 Å². The van der Waals surface area contributed by atoms with Crippen LogP contribution in [0.3, 0.4) is 0 Å². The van der Waals surface area contributed by atoms with Crippen molar-refractivity contribution in [3.63, 3.8) is 0 Å². The SMILES string of the molecule is Cc1cc(C)c(C(=O)OC(C)C(=O)Nc2c(C)n(C)n(-c3ccccc3)c2=O)c(C)c1. The molecule has 7 heteroatoms. The molecule has 1 N–H and O–H groups in total. The molecule has 0 saturated heterocycles. The van der Waals surface area contributed by atoms with E-state index in [1.807, 2.05) is 63.2 Å². The van der Waals surface area contributed by atoms with Gasteiger partial charge in [-0.1, -0.05) is 35.9 Å². The zero-order chi connectivity index (χ0) is 22.9. The van der Waals surface area contributed by atoms with Crippen molar-refractivity contribution in [3.05, 3.63) is 80.8 Å². The Morgan fingerprint density at radius 1 is 1.00 bits per heavy atom. The van der Waals surface area contributed by atoms with Crippen molar-refractivity contribution in [2.24, 2.45) is 7.05 Å². The first-order valence-electron chi connectivity index (χ1n) is 10.1. The molecule has 1 aromatic heterocycles. The second-order valence-corrected chi connectivity index (χ2v) is 7.75. The molecule has 0 aliphatic carbocycles. The number of amides is 1. The van der Waals surface area contributed by atoms with Gasteiger partial charge in [0.25, 0.3) is 11.5 Å². The van der Waals surface area contributed by atoms with E-state index in [2.05, 4.69) is 5.32 Å². The molecule has 31 heavy (non-hydrogen) atoms. The van der Waals surface area contributed by atoms with Crippen LogP contribution in [0.15, 0.2) is 47.3 Å². The van der Waals surface area contributed by atoms with Crippen LogP contribution in [0, 0.1) is 27.7 Å². The fraction of sp³-hybridized carbons (Fsp3) is 0.292. The summed E-state index contributed by atoms with van der Waals surface area (Å²) >= 11 is 0. The zero-order valence-electron chi connectivity index (χ0n) is 18.6. The van der Waals surface area contributed by atoms with Gasteiger partial charge in [0.15, 0.2) is 6.10 Å². The normalized spacial score (nSPS) is 11.8. The molecule has 0 spiro atoms. The Labute approximate surface area is 181 Å². The van der Waals surface area contributed by atoms with E-state index in [0.29, 0.717) is 16.9 Å². The van der Waals surface area contributed by atoms with E-state index >= 15 is 0 Å². The first-order chi connectivity index (χ1) is 14.6. The van der Waals surface area contributed by atoms with Crippen LogP contribution in [0.2, 0.25) is 0 Å². The van der Waals surface area contributed by atoms with Gasteiger partial charge in [-0.3, -0.25) is 14.3 Å². The van der Waals surface area contributed by atoms with Gasteiger partial charge in [0, 0.05) is 7.05 Å². The summed E-state index contributed by atoms with van der Waals surface area (Å²) in [5.74, 6) is -1.13. The predicted octanol–water partition coefficient (Wildman–Crippen LogP) is 3.59. The van der Waals surface area contributed by atoms with E-state index in [1.165, 1.54) is 11.6 Å². The lowest BCUT2D eigenvalue weighted by Crippen LogP contribution is -2.32. The number of aryl methyl sites for hydroxylation is 3. The first kappa shape index (κ1) is 22.1. The molecular weight excluding hydrogens is 394 g/mol. The number of rotatable bonds is 5. The Balaban J connectivity index is 1.81. The van der Waals surface area contributed by atoms with E-state index in [-0.39, 0.29) is 11.2 Å². The number of hydrogen-bond donors (Lipinski definition) is 1. The Morgan fingerprint density at radius 2 is 1.58 bits per heavy atom. The van der Waals surface area contributed by atoms with Crippen molar-refractivity contribution in [2.75, 3.05) is 5.32 Å². The number of aromatic nitrogens is 2. The average molecular weight is 421 g/mol. The van der Waals surface area contributed by atoms with Crippen LogP contribution in [0.5, 0.6) is 0 Å². The molecule has 162 valence electrons. The maximum Gasteiger partial charge on any atom is 0.339 e. The number of para-hydroxylation sites is 1. The molecule has 1 amide bonds. The van der Waals surface area contributed by atoms with E-state index in [1.54, 1.807) is 18.7 Å². The summed E-state index contributed by atoms with van der Waals surface area (Å²) in [6.07, 6.45) is -1.07. The Kier molecular flexibility index (Phi) is 6.15. The molecule has 0 aliphatic rings. The molecule has 0 bridgehead atoms. The molecule has 3 aromatic rings. The second-order valence-electron chi connectivity index (χ2n) is 7.75. The molecule has 0 fully saturated rings. The number of nitrogens with one attached hydrogen (secondary N) is 1. The highest BCUT2D eigenvalue weighted by Crippen LogP contribution is 2.19. The summed E-state index contributed by atoms with van der Waals surface area (Å²) in [7, 11) is 1.74. The average Bonchev–Trinajstić information content (AvgIpc) is 2.91. The van der Waals surface area contributed by atoms with Crippen molar-refractivity contribution in [2.45, 2.75) is 40.7 Å². The summed E-state index contributed by atoms with van der Waals surface area (Å²) in [6, 6.07) is 12.9. The maximum absolute atomic E-state index is 13.0. The van der Waals surface area contributed by atoms with Crippen LogP contribution in [0.1, 0.15) is 39.7 Å². The van der Waals surface area contributed by atoms with Crippen molar-refractivity contribution in [1.82, 2.24) is 9.36 Å². The molecule has 1 atom stereocenters. The fourth-order valence-corrected chi connectivity index (χ4v) is 3.71. The standard InChI is InChI=1S/C24H27N3O4/c1-14-12-15(2)20(16(3)13-14)24(30)31-18(5)22(28)25-21-17(4)26(6)27(23(21)29)19-10-8-7-9-11-19/h7-13,18H,1-6H3,(H,25,28). The van der Waals surface area contributed by atoms with Crippen LogP contribution in [0.4, 0.5) is 5.69 Å². The third-order valence-electron chi connectivity index (χ3n) is 5.34. The first-order valence-corrected chi connectivity index (χ1v) is 10.1. The van der Waals surface area contributed by atoms with Crippen LogP contribution in [-0.2, 0) is 16.6 Å². The van der Waals surface area contributed by atoms with Gasteiger partial charge in [-0.15, -0.1) is 0 Å². The molecule has 3 rings (SSSR count). The predicted molar refractivity (Wildman–Crippen MR) is 120 cm³/mol. The van der Waals surface area contributed by atoms with Crippen LogP contribution < -0.4 is 10.9 Å². The van der Waals surface area contributed by atoms with Gasteiger partial charge >= 0.3 is 5.97 Å². The molecule has 1 heterocycles. The number of hydrogen-bond acceptors (Lipinski definition) is 4. The van der Waals surface area contributed by atoms with Crippen molar-refractivity contribution < 1.29 is 14.3 Å². The molecule has 0 radical (unpaired) electrons. The number of nitrogens with zero attached hydrogens (tertiary/aromatic N) is 2. The summed E-state index contributed by atoms with van der Waals surface area (Å²) in [5.41, 5.74) is 4.15. The quantitative estimate of drug-likeness (QED) is 0.638. The monoisotopic (exact) mass is 421 g/mol. The van der Waals surface area contributed by atoms with Gasteiger partial charge in [0.1, 0.15) is 5.69 Å². The Bertz CT molecular complexity index is 1180. The minimum Gasteiger partial charge on any atom is -0.449 e. The minimum atomic E-state index is -1.07. The third kappa shape index (κ3) is 4.30. The number of carbonyl (C=O) groups excluding carboxylic acids is 2. The van der Waals surface area contributed by atoms with Gasteiger partial charge in [0.2, 0.25) is 0 Å². The number of ether oxygens (including phenoxy) is 1. The fourth-order valence-electron chi connectivity index (χ4n) is 3.71. The number of anilines is 1. The maximum atomic E-state index is 13.0. The van der Waals surface area contributed by atoms with E-state index in [9.17, 15) is 14.4 Å². The van der Waals surface area contributed by atoms with Crippen LogP contribution >= 0.6 is 0 Å². The highest BCUT2D eigenvalue weighted by molar-refractivity contribution is 5.98. The van der Waals surface area contributed by atoms with E-state index < -0.39 is 18.0 Å². The lowest BCUT2D eigenvalue weighted by atomic mass is 10.00. The molecule has 1 unspecified atom stereocenters. The Hall–Kier alpha value is -3.61. The highest BCUT2D eigenvalue weighted by atomic mass is 16.5. The minimum absolute atomic E-state index is 0.155. The topological polar surface area (TPSA) is 82.3 Å². The van der Waals surface area contributed by atoms with Gasteiger partial charge in [-0.05, 0) is 57.9 Å². The number of esters is 1. The summed E-state index contributed by atoms with van der Waals surface area (Å²) < 4.78 is 8.55. The van der Waals surface area contributed by atoms with Crippen LogP contribution in [-0.4, -0.2) is 27.3 Å². The van der Waals surface area contributed by atoms with Gasteiger partial charge in [-0.2, -0.15) is 0 Å². The highest BCUT2D eigenvalue weighted by Gasteiger charge is 2.24. The lowest BCUT2D eigenvalue weighted by Gasteiger charge is -2.15. The third-order valence-corrected chi connectivity index (χ3v) is 5.34. The molecule has 2 aromatic carbocycles. The van der Waals surface area contributed by atoms with Gasteiger partial charge < -0.3 is 10.1 Å². The largest absolute Gasteiger partial charge is 0.449 e. The molecule has 0 saturated carbocycles. The van der Waals surface area contributed by atoms with Crippen molar-refractivity contribution in [3.8, 4) is 5.69 Å². The summed E-state index contributed by atoms with van der Waals surface area (Å²) in [5, 5.41) is 2.63. The number of carbonyl (C=O) groups is 2.